The molecular formula is C17H28N4O2. The van der Waals surface area contributed by atoms with Gasteiger partial charge in [0.15, 0.2) is 0 Å². The van der Waals surface area contributed by atoms with Crippen molar-refractivity contribution in [2.75, 3.05) is 46.4 Å². The Morgan fingerprint density at radius 2 is 2.13 bits per heavy atom. The maximum Gasteiger partial charge on any atom is 0.236 e. The van der Waals surface area contributed by atoms with Crippen molar-refractivity contribution in [3.63, 3.8) is 0 Å². The maximum absolute atomic E-state index is 12.6. The van der Waals surface area contributed by atoms with E-state index in [1.807, 2.05) is 17.3 Å². The second-order valence-electron chi connectivity index (χ2n) is 6.63. The molecule has 0 spiro atoms. The molecule has 2 aliphatic heterocycles. The van der Waals surface area contributed by atoms with Gasteiger partial charge in [-0.05, 0) is 38.8 Å². The summed E-state index contributed by atoms with van der Waals surface area (Å²) in [6.07, 6.45) is 8.50. The lowest BCUT2D eigenvalue weighted by Crippen LogP contribution is -2.44. The quantitative estimate of drug-likeness (QED) is 0.793. The van der Waals surface area contributed by atoms with Crippen molar-refractivity contribution in [3.05, 3.63) is 18.2 Å². The molecule has 0 saturated carbocycles. The molecule has 0 aromatic carbocycles. The first-order chi connectivity index (χ1) is 11.3. The predicted molar refractivity (Wildman–Crippen MR) is 88.3 cm³/mol. The molecule has 2 aliphatic rings. The summed E-state index contributed by atoms with van der Waals surface area (Å²) < 4.78 is 7.34. The minimum absolute atomic E-state index is 0.284. The zero-order valence-corrected chi connectivity index (χ0v) is 14.1. The highest BCUT2D eigenvalue weighted by atomic mass is 16.5. The second kappa shape index (κ2) is 7.93. The molecule has 6 nitrogen and oxygen atoms in total. The Labute approximate surface area is 138 Å². The number of methoxy groups -OCH3 is 1. The summed E-state index contributed by atoms with van der Waals surface area (Å²) >= 11 is 0. The average molecular weight is 320 g/mol. The van der Waals surface area contributed by atoms with Crippen molar-refractivity contribution in [2.45, 2.75) is 38.1 Å². The van der Waals surface area contributed by atoms with Crippen LogP contribution in [0.2, 0.25) is 0 Å². The van der Waals surface area contributed by atoms with Gasteiger partial charge in [-0.1, -0.05) is 0 Å². The summed E-state index contributed by atoms with van der Waals surface area (Å²) in [5.41, 5.74) is 0. The maximum atomic E-state index is 12.6. The number of imidazole rings is 1. The van der Waals surface area contributed by atoms with Crippen molar-refractivity contribution in [3.8, 4) is 0 Å². The molecule has 1 aromatic rings. The highest BCUT2D eigenvalue weighted by Crippen LogP contribution is 2.26. The Kier molecular flexibility index (Phi) is 5.67. The number of rotatable bonds is 6. The third-order valence-corrected chi connectivity index (χ3v) is 4.98. The zero-order valence-electron chi connectivity index (χ0n) is 14.1. The summed E-state index contributed by atoms with van der Waals surface area (Å²) in [6, 6.07) is 0. The lowest BCUT2D eigenvalue weighted by Gasteiger charge is -2.33. The van der Waals surface area contributed by atoms with Gasteiger partial charge in [0.2, 0.25) is 5.91 Å². The molecule has 2 fully saturated rings. The summed E-state index contributed by atoms with van der Waals surface area (Å²) in [5, 5.41) is 0. The van der Waals surface area contributed by atoms with E-state index in [1.54, 1.807) is 7.11 Å². The fourth-order valence-electron chi connectivity index (χ4n) is 3.71. The number of hydrogen-bond donors (Lipinski definition) is 0. The van der Waals surface area contributed by atoms with Crippen molar-refractivity contribution >= 4 is 5.91 Å². The first-order valence-corrected chi connectivity index (χ1v) is 8.78. The standard InChI is InChI=1S/C17H28N4O2/c1-23-12-11-20-10-6-18-17(20)15-5-4-9-21(13-15)16(22)14-19-7-2-3-8-19/h6,10,15H,2-5,7-9,11-14H2,1H3. The van der Waals surface area contributed by atoms with Gasteiger partial charge in [0.25, 0.3) is 0 Å². The Balaban J connectivity index is 1.59. The molecular weight excluding hydrogens is 292 g/mol. The van der Waals surface area contributed by atoms with Crippen molar-refractivity contribution in [1.29, 1.82) is 0 Å². The van der Waals surface area contributed by atoms with E-state index in [4.69, 9.17) is 4.74 Å². The molecule has 6 heteroatoms. The van der Waals surface area contributed by atoms with E-state index in [0.717, 1.165) is 51.4 Å². The molecule has 3 heterocycles. The van der Waals surface area contributed by atoms with E-state index in [9.17, 15) is 4.79 Å². The molecule has 3 rings (SSSR count). The van der Waals surface area contributed by atoms with Gasteiger partial charge in [-0.2, -0.15) is 0 Å². The molecule has 0 radical (unpaired) electrons. The van der Waals surface area contributed by atoms with Crippen LogP contribution in [0.4, 0.5) is 0 Å². The number of carbonyl (C=O) groups excluding carboxylic acids is 1. The average Bonchev–Trinajstić information content (AvgIpc) is 3.24. The molecule has 0 aliphatic carbocycles. The molecule has 1 amide bonds. The van der Waals surface area contributed by atoms with Gasteiger partial charge in [0.1, 0.15) is 5.82 Å². The van der Waals surface area contributed by atoms with Crippen LogP contribution in [0.5, 0.6) is 0 Å². The number of ether oxygens (including phenoxy) is 1. The lowest BCUT2D eigenvalue weighted by atomic mass is 9.97. The van der Waals surface area contributed by atoms with Crippen LogP contribution in [0.15, 0.2) is 12.4 Å². The van der Waals surface area contributed by atoms with Crippen LogP contribution < -0.4 is 0 Å². The molecule has 128 valence electrons. The number of carbonyl (C=O) groups is 1. The van der Waals surface area contributed by atoms with Crippen LogP contribution >= 0.6 is 0 Å². The Hall–Kier alpha value is -1.40. The largest absolute Gasteiger partial charge is 0.383 e. The normalized spacial score (nSPS) is 22.7. The highest BCUT2D eigenvalue weighted by molar-refractivity contribution is 5.78. The second-order valence-corrected chi connectivity index (χ2v) is 6.63. The number of nitrogens with zero attached hydrogens (tertiary/aromatic N) is 4. The molecule has 23 heavy (non-hydrogen) atoms. The van der Waals surface area contributed by atoms with Crippen LogP contribution in [0.25, 0.3) is 0 Å². The molecule has 1 aromatic heterocycles. The highest BCUT2D eigenvalue weighted by Gasteiger charge is 2.28. The van der Waals surface area contributed by atoms with Crippen LogP contribution in [-0.4, -0.2) is 71.7 Å². The van der Waals surface area contributed by atoms with Crippen LogP contribution in [-0.2, 0) is 16.1 Å². The first kappa shape index (κ1) is 16.5. The fourth-order valence-corrected chi connectivity index (χ4v) is 3.71. The number of hydrogen-bond acceptors (Lipinski definition) is 4. The summed E-state index contributed by atoms with van der Waals surface area (Å²) in [4.78, 5) is 21.4. The number of amides is 1. The molecule has 2 saturated heterocycles. The minimum Gasteiger partial charge on any atom is -0.383 e. The predicted octanol–water partition coefficient (Wildman–Crippen LogP) is 1.33. The minimum atomic E-state index is 0.284. The smallest absolute Gasteiger partial charge is 0.236 e. The Morgan fingerprint density at radius 3 is 2.91 bits per heavy atom. The lowest BCUT2D eigenvalue weighted by molar-refractivity contribution is -0.133. The van der Waals surface area contributed by atoms with Gasteiger partial charge in [-0.15, -0.1) is 0 Å². The first-order valence-electron chi connectivity index (χ1n) is 8.78. The van der Waals surface area contributed by atoms with Gasteiger partial charge in [-0.3, -0.25) is 9.69 Å². The van der Waals surface area contributed by atoms with Gasteiger partial charge in [0, 0.05) is 45.1 Å². The monoisotopic (exact) mass is 320 g/mol. The molecule has 0 N–H and O–H groups in total. The summed E-state index contributed by atoms with van der Waals surface area (Å²) in [6.45, 7) is 5.94. The Morgan fingerprint density at radius 1 is 1.30 bits per heavy atom. The van der Waals surface area contributed by atoms with E-state index in [-0.39, 0.29) is 5.91 Å². The zero-order chi connectivity index (χ0) is 16.1. The molecule has 0 bridgehead atoms. The van der Waals surface area contributed by atoms with E-state index >= 15 is 0 Å². The van der Waals surface area contributed by atoms with Gasteiger partial charge < -0.3 is 14.2 Å². The SMILES string of the molecule is COCCn1ccnc1C1CCCN(C(=O)CN2CCCC2)C1. The third-order valence-electron chi connectivity index (χ3n) is 4.98. The summed E-state index contributed by atoms with van der Waals surface area (Å²) in [5.74, 6) is 1.73. The molecule has 1 unspecified atom stereocenters. The molecule has 1 atom stereocenters. The van der Waals surface area contributed by atoms with E-state index in [0.29, 0.717) is 19.1 Å². The van der Waals surface area contributed by atoms with Crippen molar-refractivity contribution in [1.82, 2.24) is 19.4 Å². The van der Waals surface area contributed by atoms with E-state index in [2.05, 4.69) is 14.5 Å². The fraction of sp³-hybridized carbons (Fsp3) is 0.765. The Bertz CT molecular complexity index is 510. The van der Waals surface area contributed by atoms with Gasteiger partial charge >= 0.3 is 0 Å². The van der Waals surface area contributed by atoms with Gasteiger partial charge in [-0.25, -0.2) is 4.98 Å². The topological polar surface area (TPSA) is 50.6 Å². The number of piperidine rings is 1. The number of aromatic nitrogens is 2. The van der Waals surface area contributed by atoms with Crippen molar-refractivity contribution < 1.29 is 9.53 Å². The van der Waals surface area contributed by atoms with Crippen LogP contribution in [0, 0.1) is 0 Å². The van der Waals surface area contributed by atoms with Gasteiger partial charge in [0.05, 0.1) is 13.2 Å². The third kappa shape index (κ3) is 4.12. The summed E-state index contributed by atoms with van der Waals surface area (Å²) in [7, 11) is 1.72. The van der Waals surface area contributed by atoms with Crippen LogP contribution in [0.1, 0.15) is 37.4 Å². The van der Waals surface area contributed by atoms with Crippen molar-refractivity contribution in [2.24, 2.45) is 0 Å². The van der Waals surface area contributed by atoms with E-state index in [1.165, 1.54) is 12.8 Å². The number of likely N-dealkylation sites (tertiary alicyclic amines) is 2. The van der Waals surface area contributed by atoms with Crippen LogP contribution in [0.3, 0.4) is 0 Å². The van der Waals surface area contributed by atoms with E-state index < -0.39 is 0 Å².